The van der Waals surface area contributed by atoms with Crippen molar-refractivity contribution in [1.29, 1.82) is 0 Å². The summed E-state index contributed by atoms with van der Waals surface area (Å²) >= 11 is 0. The van der Waals surface area contributed by atoms with Gasteiger partial charge in [-0.3, -0.25) is 0 Å². The summed E-state index contributed by atoms with van der Waals surface area (Å²) in [6.07, 6.45) is 0. The van der Waals surface area contributed by atoms with Crippen molar-refractivity contribution < 1.29 is 0 Å². The topological polar surface area (TPSA) is 0 Å². The molecule has 0 unspecified atom stereocenters. The third-order valence-corrected chi connectivity index (χ3v) is 2.88. The van der Waals surface area contributed by atoms with E-state index in [0.717, 1.165) is 21.9 Å². The predicted molar refractivity (Wildman–Crippen MR) is 68.3 cm³/mol. The van der Waals surface area contributed by atoms with E-state index in [0.29, 0.717) is 0 Å². The minimum atomic E-state index is 0.794. The second-order valence-electron chi connectivity index (χ2n) is 4.03. The van der Waals surface area contributed by atoms with Crippen molar-refractivity contribution in [3.63, 3.8) is 0 Å². The minimum absolute atomic E-state index is 0.794. The molecule has 0 aliphatic rings. The van der Waals surface area contributed by atoms with Gasteiger partial charge in [-0.2, -0.15) is 0 Å². The standard InChI is InChI=1S/C16H10/c1-11-3-7-15-13(9-11)5-6-14-10-12(2)4-8-16(14)15/h1-10H. The average Bonchev–Trinajstić information content (AvgIpc) is 2.28. The Hall–Kier alpha value is -1.82. The van der Waals surface area contributed by atoms with Crippen LogP contribution in [0.5, 0.6) is 0 Å². The predicted octanol–water partition coefficient (Wildman–Crippen LogP) is 4.11. The largest absolute Gasteiger partial charge is 0.0581 e. The van der Waals surface area contributed by atoms with E-state index in [2.05, 4.69) is 24.3 Å². The molecule has 3 aromatic carbocycles. The molecule has 0 nitrogen and oxygen atoms in total. The second kappa shape index (κ2) is 3.34. The van der Waals surface area contributed by atoms with E-state index >= 15 is 0 Å². The maximum atomic E-state index is 5.77. The second-order valence-corrected chi connectivity index (χ2v) is 4.03. The van der Waals surface area contributed by atoms with Gasteiger partial charge in [0.15, 0.2) is 0 Å². The van der Waals surface area contributed by atoms with Gasteiger partial charge in [0.05, 0.1) is 0 Å². The van der Waals surface area contributed by atoms with Crippen LogP contribution in [0.4, 0.5) is 0 Å². The lowest BCUT2D eigenvalue weighted by atomic mass is 9.99. The quantitative estimate of drug-likeness (QED) is 0.481. The van der Waals surface area contributed by atoms with Gasteiger partial charge in [0.1, 0.15) is 0 Å². The lowest BCUT2D eigenvalue weighted by molar-refractivity contribution is 1.65. The van der Waals surface area contributed by atoms with Crippen LogP contribution in [0.25, 0.3) is 21.5 Å². The van der Waals surface area contributed by atoms with Crippen molar-refractivity contribution in [3.05, 3.63) is 73.5 Å². The van der Waals surface area contributed by atoms with Gasteiger partial charge in [-0.25, -0.2) is 0 Å². The first-order chi connectivity index (χ1) is 7.74. The van der Waals surface area contributed by atoms with E-state index in [1.807, 2.05) is 24.3 Å². The maximum absolute atomic E-state index is 5.77. The summed E-state index contributed by atoms with van der Waals surface area (Å²) < 4.78 is 0. The Morgan fingerprint density at radius 1 is 0.562 bits per heavy atom. The zero-order valence-corrected chi connectivity index (χ0v) is 8.77. The SMILES string of the molecule is [CH]c1ccc2c(ccc3cc([CH])ccc32)c1. The fourth-order valence-corrected chi connectivity index (χ4v) is 2.11. The number of hydrogen-bond donors (Lipinski definition) is 0. The van der Waals surface area contributed by atoms with Crippen molar-refractivity contribution in [1.82, 2.24) is 0 Å². The van der Waals surface area contributed by atoms with Crippen molar-refractivity contribution in [2.75, 3.05) is 0 Å². The first kappa shape index (κ1) is 9.41. The Morgan fingerprint density at radius 2 is 1.00 bits per heavy atom. The molecule has 0 bridgehead atoms. The molecule has 0 heterocycles. The molecule has 3 aromatic rings. The molecule has 0 heteroatoms. The zero-order valence-electron chi connectivity index (χ0n) is 8.77. The molecule has 0 aliphatic heterocycles. The summed E-state index contributed by atoms with van der Waals surface area (Å²) in [5, 5.41) is 4.76. The van der Waals surface area contributed by atoms with Gasteiger partial charge >= 0.3 is 0 Å². The Balaban J connectivity index is 2.50. The van der Waals surface area contributed by atoms with Crippen LogP contribution in [0.2, 0.25) is 0 Å². The summed E-state index contributed by atoms with van der Waals surface area (Å²) in [5.74, 6) is 0. The molecule has 0 atom stereocenters. The third-order valence-electron chi connectivity index (χ3n) is 2.88. The van der Waals surface area contributed by atoms with Crippen LogP contribution in [0.3, 0.4) is 0 Å². The summed E-state index contributed by atoms with van der Waals surface area (Å²) in [7, 11) is 0. The monoisotopic (exact) mass is 202 g/mol. The molecule has 74 valence electrons. The molecule has 3 rings (SSSR count). The van der Waals surface area contributed by atoms with Crippen molar-refractivity contribution in [2.45, 2.75) is 0 Å². The van der Waals surface area contributed by atoms with Gasteiger partial charge in [0.2, 0.25) is 0 Å². The zero-order chi connectivity index (χ0) is 11.1. The molecular weight excluding hydrogens is 192 g/mol. The minimum Gasteiger partial charge on any atom is -0.0581 e. The molecule has 0 N–H and O–H groups in total. The molecule has 0 fully saturated rings. The van der Waals surface area contributed by atoms with Gasteiger partial charge in [0, 0.05) is 0 Å². The van der Waals surface area contributed by atoms with Crippen LogP contribution in [0.1, 0.15) is 11.1 Å². The number of rotatable bonds is 0. The van der Waals surface area contributed by atoms with Crippen molar-refractivity contribution >= 4 is 21.5 Å². The van der Waals surface area contributed by atoms with Gasteiger partial charge in [-0.05, 0) is 46.5 Å². The Kier molecular flexibility index (Phi) is 1.97. The highest BCUT2D eigenvalue weighted by Gasteiger charge is 2.00. The van der Waals surface area contributed by atoms with Crippen molar-refractivity contribution in [3.8, 4) is 0 Å². The summed E-state index contributed by atoms with van der Waals surface area (Å²) in [6, 6.07) is 16.1. The van der Waals surface area contributed by atoms with E-state index in [1.165, 1.54) is 10.8 Å². The van der Waals surface area contributed by atoms with Gasteiger partial charge in [-0.15, -0.1) is 0 Å². The normalized spacial score (nSPS) is 11.1. The van der Waals surface area contributed by atoms with Gasteiger partial charge in [0.25, 0.3) is 0 Å². The smallest absolute Gasteiger partial charge is 0.00118 e. The van der Waals surface area contributed by atoms with Crippen LogP contribution in [-0.2, 0) is 0 Å². The Bertz CT molecular complexity index is 617. The lowest BCUT2D eigenvalue weighted by Crippen LogP contribution is -1.80. The Morgan fingerprint density at radius 3 is 1.44 bits per heavy atom. The van der Waals surface area contributed by atoms with E-state index < -0.39 is 0 Å². The molecule has 0 aliphatic carbocycles. The van der Waals surface area contributed by atoms with E-state index in [4.69, 9.17) is 13.8 Å². The first-order valence-corrected chi connectivity index (χ1v) is 5.21. The number of benzene rings is 3. The maximum Gasteiger partial charge on any atom is -0.00118 e. The number of fused-ring (bicyclic) bond motifs is 3. The highest BCUT2D eigenvalue weighted by molar-refractivity contribution is 6.07. The van der Waals surface area contributed by atoms with Crippen LogP contribution in [0, 0.1) is 13.8 Å². The van der Waals surface area contributed by atoms with Gasteiger partial charge < -0.3 is 0 Å². The van der Waals surface area contributed by atoms with Gasteiger partial charge in [-0.1, -0.05) is 48.5 Å². The highest BCUT2D eigenvalue weighted by atomic mass is 14.0. The third kappa shape index (κ3) is 1.38. The summed E-state index contributed by atoms with van der Waals surface area (Å²) in [4.78, 5) is 0. The Labute approximate surface area is 95.5 Å². The highest BCUT2D eigenvalue weighted by Crippen LogP contribution is 2.26. The van der Waals surface area contributed by atoms with Crippen LogP contribution in [0.15, 0.2) is 48.5 Å². The molecular formula is C16H10. The first-order valence-electron chi connectivity index (χ1n) is 5.21. The fraction of sp³-hybridized carbons (Fsp3) is 0. The molecule has 0 aromatic heterocycles. The average molecular weight is 202 g/mol. The molecule has 0 amide bonds. The molecule has 0 saturated carbocycles. The van der Waals surface area contributed by atoms with E-state index in [-0.39, 0.29) is 0 Å². The molecule has 16 heavy (non-hydrogen) atoms. The lowest BCUT2D eigenvalue weighted by Gasteiger charge is -2.05. The van der Waals surface area contributed by atoms with Crippen LogP contribution < -0.4 is 0 Å². The van der Waals surface area contributed by atoms with Crippen LogP contribution >= 0.6 is 0 Å². The molecule has 0 saturated heterocycles. The number of hydrogen-bond acceptors (Lipinski definition) is 0. The summed E-state index contributed by atoms with van der Waals surface area (Å²) in [5.41, 5.74) is 1.59. The molecule has 0 spiro atoms. The van der Waals surface area contributed by atoms with E-state index in [9.17, 15) is 0 Å². The molecule has 4 radical (unpaired) electrons. The summed E-state index contributed by atoms with van der Waals surface area (Å²) in [6.45, 7) is 11.5. The van der Waals surface area contributed by atoms with Crippen LogP contribution in [-0.4, -0.2) is 0 Å². The van der Waals surface area contributed by atoms with E-state index in [1.54, 1.807) is 0 Å². The fourth-order valence-electron chi connectivity index (χ4n) is 2.11. The van der Waals surface area contributed by atoms with Crippen molar-refractivity contribution in [2.24, 2.45) is 0 Å².